The normalized spacial score (nSPS) is 18.7. The van der Waals surface area contributed by atoms with Crippen LogP contribution < -0.4 is 10.1 Å². The molecule has 15 heavy (non-hydrogen) atoms. The number of rotatable bonds is 1. The summed E-state index contributed by atoms with van der Waals surface area (Å²) in [5.74, 6) is -0.515. The van der Waals surface area contributed by atoms with Crippen molar-refractivity contribution in [2.24, 2.45) is 0 Å². The number of Topliss-reactive ketones (excluding diaryl/α,β-unsaturated/α-hetero) is 1. The first-order valence-electron chi connectivity index (χ1n) is 4.82. The van der Waals surface area contributed by atoms with E-state index in [1.165, 1.54) is 13.0 Å². The van der Waals surface area contributed by atoms with Crippen molar-refractivity contribution in [3.63, 3.8) is 0 Å². The molecule has 0 amide bonds. The maximum atomic E-state index is 13.4. The molecule has 1 unspecified atom stereocenters. The first-order valence-corrected chi connectivity index (χ1v) is 4.82. The molecule has 4 heteroatoms. The van der Waals surface area contributed by atoms with Crippen molar-refractivity contribution >= 4 is 11.5 Å². The second-order valence-electron chi connectivity index (χ2n) is 3.71. The largest absolute Gasteiger partial charge is 0.488 e. The van der Waals surface area contributed by atoms with Gasteiger partial charge in [-0.3, -0.25) is 4.79 Å². The standard InChI is InChI=1S/C11H12FNO2/c1-6-5-15-11-9(13-6)4-3-8(12)10(11)7(2)14/h3-4,6,13H,5H2,1-2H3. The Morgan fingerprint density at radius 1 is 1.60 bits per heavy atom. The molecule has 0 saturated carbocycles. The molecule has 1 aromatic rings. The maximum absolute atomic E-state index is 13.4. The number of ketones is 1. The van der Waals surface area contributed by atoms with Gasteiger partial charge in [0.15, 0.2) is 11.5 Å². The summed E-state index contributed by atoms with van der Waals surface area (Å²) in [5, 5.41) is 3.14. The lowest BCUT2D eigenvalue weighted by Crippen LogP contribution is -2.29. The minimum absolute atomic E-state index is 0.0342. The second kappa shape index (κ2) is 3.53. The topological polar surface area (TPSA) is 38.3 Å². The van der Waals surface area contributed by atoms with Crippen LogP contribution in [0, 0.1) is 5.82 Å². The van der Waals surface area contributed by atoms with Gasteiger partial charge in [0.05, 0.1) is 17.3 Å². The third kappa shape index (κ3) is 1.67. The summed E-state index contributed by atoms with van der Waals surface area (Å²) >= 11 is 0. The zero-order valence-corrected chi connectivity index (χ0v) is 8.63. The van der Waals surface area contributed by atoms with E-state index in [9.17, 15) is 9.18 Å². The number of fused-ring (bicyclic) bond motifs is 1. The fourth-order valence-electron chi connectivity index (χ4n) is 1.67. The first kappa shape index (κ1) is 9.96. The Morgan fingerprint density at radius 2 is 2.33 bits per heavy atom. The Morgan fingerprint density at radius 3 is 3.00 bits per heavy atom. The molecule has 1 aliphatic rings. The quantitative estimate of drug-likeness (QED) is 0.721. The number of hydrogen-bond acceptors (Lipinski definition) is 3. The van der Waals surface area contributed by atoms with Gasteiger partial charge in [-0.25, -0.2) is 4.39 Å². The van der Waals surface area contributed by atoms with E-state index in [2.05, 4.69) is 5.32 Å². The Labute approximate surface area is 87.2 Å². The third-order valence-corrected chi connectivity index (χ3v) is 2.34. The minimum Gasteiger partial charge on any atom is -0.488 e. The van der Waals surface area contributed by atoms with Gasteiger partial charge >= 0.3 is 0 Å². The van der Waals surface area contributed by atoms with Gasteiger partial charge in [-0.05, 0) is 26.0 Å². The molecule has 2 rings (SSSR count). The van der Waals surface area contributed by atoms with Crippen LogP contribution in [0.4, 0.5) is 10.1 Å². The molecule has 80 valence electrons. The number of anilines is 1. The molecule has 0 aliphatic carbocycles. The summed E-state index contributed by atoms with van der Waals surface area (Å²) in [4.78, 5) is 11.3. The number of nitrogens with one attached hydrogen (secondary N) is 1. The van der Waals surface area contributed by atoms with E-state index in [0.29, 0.717) is 18.0 Å². The van der Waals surface area contributed by atoms with Crippen LogP contribution in [-0.2, 0) is 0 Å². The first-order chi connectivity index (χ1) is 7.09. The summed E-state index contributed by atoms with van der Waals surface area (Å²) in [6, 6.07) is 3.04. The molecule has 1 atom stereocenters. The molecule has 1 aliphatic heterocycles. The lowest BCUT2D eigenvalue weighted by atomic mass is 10.1. The van der Waals surface area contributed by atoms with Crippen LogP contribution >= 0.6 is 0 Å². The van der Waals surface area contributed by atoms with Crippen LogP contribution in [0.2, 0.25) is 0 Å². The Hall–Kier alpha value is -1.58. The number of benzene rings is 1. The molecule has 3 nitrogen and oxygen atoms in total. The Kier molecular flexibility index (Phi) is 2.34. The zero-order valence-electron chi connectivity index (χ0n) is 8.63. The molecular formula is C11H12FNO2. The van der Waals surface area contributed by atoms with Gasteiger partial charge in [0, 0.05) is 0 Å². The lowest BCUT2D eigenvalue weighted by molar-refractivity contribution is 0.100. The fourth-order valence-corrected chi connectivity index (χ4v) is 1.67. The molecule has 0 bridgehead atoms. The summed E-state index contributed by atoms with van der Waals surface area (Å²) in [6.45, 7) is 3.73. The van der Waals surface area contributed by atoms with Crippen molar-refractivity contribution in [2.45, 2.75) is 19.9 Å². The van der Waals surface area contributed by atoms with Gasteiger partial charge in [-0.2, -0.15) is 0 Å². The number of hydrogen-bond donors (Lipinski definition) is 1. The van der Waals surface area contributed by atoms with Gasteiger partial charge in [-0.1, -0.05) is 0 Å². The van der Waals surface area contributed by atoms with Crippen molar-refractivity contribution in [3.05, 3.63) is 23.5 Å². The highest BCUT2D eigenvalue weighted by Crippen LogP contribution is 2.34. The molecule has 1 heterocycles. The summed E-state index contributed by atoms with van der Waals surface area (Å²) in [6.07, 6.45) is 0. The monoisotopic (exact) mass is 209 g/mol. The predicted molar refractivity (Wildman–Crippen MR) is 55.0 cm³/mol. The van der Waals surface area contributed by atoms with Crippen LogP contribution in [0.1, 0.15) is 24.2 Å². The molecular weight excluding hydrogens is 197 g/mol. The summed E-state index contributed by atoms with van der Waals surface area (Å²) < 4.78 is 18.8. The van der Waals surface area contributed by atoms with Crippen LogP contribution in [0.3, 0.4) is 0 Å². The van der Waals surface area contributed by atoms with Crippen molar-refractivity contribution < 1.29 is 13.9 Å². The summed E-state index contributed by atoms with van der Waals surface area (Å²) in [5.41, 5.74) is 0.715. The average molecular weight is 209 g/mol. The SMILES string of the molecule is CC(=O)c1c(F)ccc2c1OCC(C)N2. The molecule has 0 spiro atoms. The number of carbonyl (C=O) groups is 1. The van der Waals surface area contributed by atoms with E-state index in [1.54, 1.807) is 6.07 Å². The highest BCUT2D eigenvalue weighted by Gasteiger charge is 2.23. The van der Waals surface area contributed by atoms with Gasteiger partial charge in [-0.15, -0.1) is 0 Å². The third-order valence-electron chi connectivity index (χ3n) is 2.34. The van der Waals surface area contributed by atoms with Gasteiger partial charge in [0.25, 0.3) is 0 Å². The lowest BCUT2D eigenvalue weighted by Gasteiger charge is -2.26. The van der Waals surface area contributed by atoms with E-state index in [1.807, 2.05) is 6.92 Å². The van der Waals surface area contributed by atoms with Crippen molar-refractivity contribution in [3.8, 4) is 5.75 Å². The van der Waals surface area contributed by atoms with E-state index >= 15 is 0 Å². The molecule has 0 radical (unpaired) electrons. The van der Waals surface area contributed by atoms with Crippen LogP contribution in [0.25, 0.3) is 0 Å². The second-order valence-corrected chi connectivity index (χ2v) is 3.71. The van der Waals surface area contributed by atoms with Crippen molar-refractivity contribution in [1.82, 2.24) is 0 Å². The molecule has 0 saturated heterocycles. The molecule has 0 aromatic heterocycles. The van der Waals surface area contributed by atoms with E-state index in [-0.39, 0.29) is 17.4 Å². The highest BCUT2D eigenvalue weighted by molar-refractivity contribution is 5.99. The van der Waals surface area contributed by atoms with E-state index < -0.39 is 5.82 Å². The number of halogens is 1. The van der Waals surface area contributed by atoms with Gasteiger partial charge in [0.1, 0.15) is 12.4 Å². The zero-order chi connectivity index (χ0) is 11.0. The average Bonchev–Trinajstić information content (AvgIpc) is 2.17. The highest BCUT2D eigenvalue weighted by atomic mass is 19.1. The summed E-state index contributed by atoms with van der Waals surface area (Å²) in [7, 11) is 0. The van der Waals surface area contributed by atoms with Crippen LogP contribution in [-0.4, -0.2) is 18.4 Å². The van der Waals surface area contributed by atoms with Gasteiger partial charge < -0.3 is 10.1 Å². The maximum Gasteiger partial charge on any atom is 0.166 e. The number of carbonyl (C=O) groups excluding carboxylic acids is 1. The van der Waals surface area contributed by atoms with E-state index in [4.69, 9.17) is 4.74 Å². The molecule has 0 fully saturated rings. The van der Waals surface area contributed by atoms with Crippen molar-refractivity contribution in [2.75, 3.05) is 11.9 Å². The Balaban J connectivity index is 2.55. The van der Waals surface area contributed by atoms with Gasteiger partial charge in [0.2, 0.25) is 0 Å². The van der Waals surface area contributed by atoms with Crippen LogP contribution in [0.5, 0.6) is 5.75 Å². The fraction of sp³-hybridized carbons (Fsp3) is 0.364. The molecule has 1 aromatic carbocycles. The Bertz CT molecular complexity index is 417. The molecule has 1 N–H and O–H groups in total. The smallest absolute Gasteiger partial charge is 0.166 e. The van der Waals surface area contributed by atoms with Crippen LogP contribution in [0.15, 0.2) is 12.1 Å². The number of ether oxygens (including phenoxy) is 1. The van der Waals surface area contributed by atoms with E-state index in [0.717, 1.165) is 0 Å². The predicted octanol–water partition coefficient (Wildman–Crippen LogP) is 2.22. The minimum atomic E-state index is -0.530. The van der Waals surface area contributed by atoms with Crippen molar-refractivity contribution in [1.29, 1.82) is 0 Å².